The molecule has 2 aliphatic rings. The molecule has 0 aromatic heterocycles. The van der Waals surface area contributed by atoms with Crippen molar-refractivity contribution in [1.29, 1.82) is 0 Å². The predicted octanol–water partition coefficient (Wildman–Crippen LogP) is -1.02. The summed E-state index contributed by atoms with van der Waals surface area (Å²) < 4.78 is 22.1. The highest BCUT2D eigenvalue weighted by atomic mass is 16.7. The van der Waals surface area contributed by atoms with E-state index >= 15 is 0 Å². The van der Waals surface area contributed by atoms with Crippen LogP contribution in [0.2, 0.25) is 0 Å². The Morgan fingerprint density at radius 3 is 1.22 bits per heavy atom. The zero-order valence-corrected chi connectivity index (χ0v) is 14.1. The molecule has 0 aromatic rings. The van der Waals surface area contributed by atoms with Crippen molar-refractivity contribution in [1.82, 2.24) is 0 Å². The molecule has 8 nitrogen and oxygen atoms in total. The van der Waals surface area contributed by atoms with E-state index in [1.807, 2.05) is 0 Å². The predicted molar refractivity (Wildman–Crippen MR) is 78.4 cm³/mol. The fourth-order valence-corrected chi connectivity index (χ4v) is 2.41. The number of hydrogen-bond donors (Lipinski definition) is 4. The summed E-state index contributed by atoms with van der Waals surface area (Å²) in [5, 5.41) is 39.6. The van der Waals surface area contributed by atoms with Crippen LogP contribution in [0, 0.1) is 5.41 Å². The van der Waals surface area contributed by atoms with E-state index in [0.29, 0.717) is 0 Å². The first kappa shape index (κ1) is 19.0. The van der Waals surface area contributed by atoms with Crippen molar-refractivity contribution in [2.45, 2.75) is 63.7 Å². The van der Waals surface area contributed by atoms with Crippen LogP contribution in [0.3, 0.4) is 0 Å². The second kappa shape index (κ2) is 6.53. The van der Waals surface area contributed by atoms with E-state index in [9.17, 15) is 20.4 Å². The molecule has 2 saturated heterocycles. The minimum atomic E-state index is -1.34. The molecular weight excluding hydrogens is 308 g/mol. The van der Waals surface area contributed by atoms with Gasteiger partial charge in [-0.15, -0.1) is 0 Å². The first-order valence-corrected chi connectivity index (χ1v) is 7.72. The van der Waals surface area contributed by atoms with Gasteiger partial charge in [-0.3, -0.25) is 0 Å². The zero-order chi connectivity index (χ0) is 17.5. The van der Waals surface area contributed by atoms with E-state index in [1.54, 1.807) is 0 Å². The van der Waals surface area contributed by atoms with E-state index < -0.39 is 41.4 Å². The van der Waals surface area contributed by atoms with Gasteiger partial charge in [0.1, 0.15) is 12.2 Å². The highest BCUT2D eigenvalue weighted by Crippen LogP contribution is 2.33. The first-order valence-electron chi connectivity index (χ1n) is 7.72. The molecule has 2 unspecified atom stereocenters. The molecule has 0 bridgehead atoms. The van der Waals surface area contributed by atoms with Crippen molar-refractivity contribution in [3.63, 3.8) is 0 Å². The third kappa shape index (κ3) is 4.40. The van der Waals surface area contributed by atoms with Crippen LogP contribution in [0.1, 0.15) is 27.7 Å². The summed E-state index contributed by atoms with van der Waals surface area (Å²) >= 11 is 0. The molecule has 0 aromatic carbocycles. The Morgan fingerprint density at radius 1 is 0.739 bits per heavy atom. The van der Waals surface area contributed by atoms with Gasteiger partial charge in [-0.2, -0.15) is 0 Å². The molecule has 8 heteroatoms. The monoisotopic (exact) mass is 336 g/mol. The van der Waals surface area contributed by atoms with Crippen LogP contribution in [-0.4, -0.2) is 82.8 Å². The molecule has 0 radical (unpaired) electrons. The van der Waals surface area contributed by atoms with Crippen LogP contribution >= 0.6 is 0 Å². The van der Waals surface area contributed by atoms with E-state index in [4.69, 9.17) is 18.9 Å². The van der Waals surface area contributed by atoms with Gasteiger partial charge in [0.05, 0.1) is 43.0 Å². The van der Waals surface area contributed by atoms with Crippen molar-refractivity contribution in [3.8, 4) is 0 Å². The Kier molecular flexibility index (Phi) is 5.40. The smallest absolute Gasteiger partial charge is 0.186 e. The second-order valence-corrected chi connectivity index (χ2v) is 7.68. The van der Waals surface area contributed by atoms with Crippen molar-refractivity contribution >= 4 is 0 Å². The van der Waals surface area contributed by atoms with Crippen LogP contribution in [0.5, 0.6) is 0 Å². The molecule has 0 amide bonds. The van der Waals surface area contributed by atoms with Crippen LogP contribution < -0.4 is 0 Å². The molecule has 2 heterocycles. The van der Waals surface area contributed by atoms with Gasteiger partial charge in [0.15, 0.2) is 12.6 Å². The Bertz CT molecular complexity index is 342. The Hall–Kier alpha value is -0.320. The Labute approximate surface area is 135 Å². The Morgan fingerprint density at radius 2 is 1.00 bits per heavy atom. The maximum Gasteiger partial charge on any atom is 0.186 e. The molecule has 2 rings (SSSR count). The summed E-state index contributed by atoms with van der Waals surface area (Å²) in [4.78, 5) is 0. The lowest BCUT2D eigenvalue weighted by Gasteiger charge is -2.46. The van der Waals surface area contributed by atoms with Crippen molar-refractivity contribution < 1.29 is 39.4 Å². The van der Waals surface area contributed by atoms with Crippen molar-refractivity contribution in [2.75, 3.05) is 26.4 Å². The highest BCUT2D eigenvalue weighted by Gasteiger charge is 2.47. The average Bonchev–Trinajstić information content (AvgIpc) is 2.46. The third-order valence-electron chi connectivity index (χ3n) is 4.18. The fourth-order valence-electron chi connectivity index (χ4n) is 2.41. The van der Waals surface area contributed by atoms with Crippen LogP contribution in [0.25, 0.3) is 0 Å². The van der Waals surface area contributed by atoms with Crippen LogP contribution in [-0.2, 0) is 18.9 Å². The number of rotatable bonds is 4. The maximum atomic E-state index is 9.98. The lowest BCUT2D eigenvalue weighted by atomic mass is 9.89. The van der Waals surface area contributed by atoms with Gasteiger partial charge >= 0.3 is 0 Å². The fraction of sp³-hybridized carbons (Fsp3) is 1.00. The first-order chi connectivity index (χ1) is 10.4. The topological polar surface area (TPSA) is 118 Å². The summed E-state index contributed by atoms with van der Waals surface area (Å²) in [6.07, 6.45) is -4.18. The molecule has 2 fully saturated rings. The SMILES string of the molecule is CC(C)(O)C(O)C1OCC2(CO1)COC(C(O)C(C)(C)O)OC2. The van der Waals surface area contributed by atoms with Crippen molar-refractivity contribution in [3.05, 3.63) is 0 Å². The molecule has 1 spiro atoms. The van der Waals surface area contributed by atoms with Gasteiger partial charge in [0.2, 0.25) is 0 Å². The lowest BCUT2D eigenvalue weighted by molar-refractivity contribution is -0.341. The van der Waals surface area contributed by atoms with Crippen molar-refractivity contribution in [2.24, 2.45) is 5.41 Å². The molecule has 4 N–H and O–H groups in total. The molecule has 2 aliphatic heterocycles. The normalized spacial score (nSPS) is 36.0. The molecule has 136 valence electrons. The van der Waals surface area contributed by atoms with E-state index in [2.05, 4.69) is 0 Å². The molecule has 0 saturated carbocycles. The van der Waals surface area contributed by atoms with Gasteiger partial charge < -0.3 is 39.4 Å². The minimum absolute atomic E-state index is 0.232. The lowest BCUT2D eigenvalue weighted by Crippen LogP contribution is -2.59. The minimum Gasteiger partial charge on any atom is -0.388 e. The number of hydrogen-bond acceptors (Lipinski definition) is 8. The van der Waals surface area contributed by atoms with Gasteiger partial charge in [0, 0.05) is 0 Å². The third-order valence-corrected chi connectivity index (χ3v) is 4.18. The number of aliphatic hydroxyl groups is 4. The summed E-state index contributed by atoms with van der Waals surface area (Å²) in [6, 6.07) is 0. The summed E-state index contributed by atoms with van der Waals surface area (Å²) in [7, 11) is 0. The van der Waals surface area contributed by atoms with Crippen LogP contribution in [0.15, 0.2) is 0 Å². The second-order valence-electron chi connectivity index (χ2n) is 7.68. The van der Waals surface area contributed by atoms with Crippen LogP contribution in [0.4, 0.5) is 0 Å². The quantitative estimate of drug-likeness (QED) is 0.515. The Balaban J connectivity index is 1.87. The average molecular weight is 336 g/mol. The summed E-state index contributed by atoms with van der Waals surface area (Å²) in [5.41, 5.74) is -3.21. The van der Waals surface area contributed by atoms with E-state index in [-0.39, 0.29) is 26.4 Å². The molecule has 23 heavy (non-hydrogen) atoms. The van der Waals surface area contributed by atoms with E-state index in [0.717, 1.165) is 0 Å². The molecule has 2 atom stereocenters. The van der Waals surface area contributed by atoms with Gasteiger partial charge in [-0.1, -0.05) is 0 Å². The highest BCUT2D eigenvalue weighted by molar-refractivity contribution is 4.90. The standard InChI is InChI=1S/C15H28O8/c1-13(2,18)9(16)11-20-5-15(6-21-11)7-22-12(23-8-15)10(17)14(3,4)19/h9-12,16-19H,5-8H2,1-4H3. The van der Waals surface area contributed by atoms with Gasteiger partial charge in [0.25, 0.3) is 0 Å². The molecule has 0 aliphatic carbocycles. The number of ether oxygens (including phenoxy) is 4. The van der Waals surface area contributed by atoms with Gasteiger partial charge in [-0.05, 0) is 27.7 Å². The summed E-state index contributed by atoms with van der Waals surface area (Å²) in [5.74, 6) is 0. The van der Waals surface area contributed by atoms with E-state index in [1.165, 1.54) is 27.7 Å². The maximum absolute atomic E-state index is 9.98. The zero-order valence-electron chi connectivity index (χ0n) is 14.1. The molecular formula is C15H28O8. The number of aliphatic hydroxyl groups excluding tert-OH is 2. The largest absolute Gasteiger partial charge is 0.388 e. The van der Waals surface area contributed by atoms with Gasteiger partial charge in [-0.25, -0.2) is 0 Å². The summed E-state index contributed by atoms with van der Waals surface area (Å²) in [6.45, 7) is 6.83.